The molecule has 0 aromatic heterocycles. The maximum absolute atomic E-state index is 7.90. The van der Waals surface area contributed by atoms with E-state index in [4.69, 9.17) is 22.2 Å². The van der Waals surface area contributed by atoms with E-state index in [0.29, 0.717) is 23.7 Å². The highest BCUT2D eigenvalue weighted by molar-refractivity contribution is 7.76. The first-order valence-electron chi connectivity index (χ1n) is 15.3. The van der Waals surface area contributed by atoms with Gasteiger partial charge in [0.1, 0.15) is 0 Å². The summed E-state index contributed by atoms with van der Waals surface area (Å²) in [6, 6.07) is 39.6. The summed E-state index contributed by atoms with van der Waals surface area (Å²) in [6.07, 6.45) is 3.62. The van der Waals surface area contributed by atoms with Gasteiger partial charge < -0.3 is 4.57 Å². The number of para-hydroxylation sites is 1. The molecule has 4 aromatic carbocycles. The van der Waals surface area contributed by atoms with Crippen molar-refractivity contribution in [3.8, 4) is 0 Å². The van der Waals surface area contributed by atoms with E-state index in [9.17, 15) is 0 Å². The van der Waals surface area contributed by atoms with E-state index in [0.717, 1.165) is 5.19 Å². The first-order chi connectivity index (χ1) is 20.3. The molecule has 1 nitrogen and oxygen atoms in total. The summed E-state index contributed by atoms with van der Waals surface area (Å²) in [4.78, 5) is 0. The van der Waals surface area contributed by atoms with Crippen LogP contribution in [-0.2, 0) is 0 Å². The van der Waals surface area contributed by atoms with Gasteiger partial charge in [0.2, 0.25) is 0 Å². The third-order valence-electron chi connectivity index (χ3n) is 8.95. The molecule has 5 heteroatoms. The fraction of sp³-hybridized carbons (Fsp3) is 0.297. The zero-order chi connectivity index (χ0) is 29.4. The molecule has 2 aliphatic rings. The van der Waals surface area contributed by atoms with E-state index in [2.05, 4.69) is 141 Å². The second-order valence-electron chi connectivity index (χ2n) is 12.3. The molecule has 0 heterocycles. The van der Waals surface area contributed by atoms with E-state index in [1.54, 1.807) is 5.31 Å². The highest BCUT2D eigenvalue weighted by Gasteiger charge is 2.52. The van der Waals surface area contributed by atoms with E-state index < -0.39 is 14.8 Å². The van der Waals surface area contributed by atoms with Crippen molar-refractivity contribution in [3.05, 3.63) is 131 Å². The van der Waals surface area contributed by atoms with Crippen molar-refractivity contribution in [2.24, 2.45) is 11.8 Å². The number of rotatable bonds is 9. The molecule has 216 valence electrons. The van der Waals surface area contributed by atoms with Crippen molar-refractivity contribution in [1.82, 2.24) is 0 Å². The summed E-state index contributed by atoms with van der Waals surface area (Å²) in [6.45, 7) is 5.93. The highest BCUT2D eigenvalue weighted by atomic mass is 35.7. The standard InChI is InChI=1S/C37H40Cl2NPSi/c1-26(2)33-21-14-22-34(27(3)4)36(33)40(42(38,39)32-19-12-7-13-20-32)35-28-23-24-29(25-28)37(35)41(30-15-8-5-9-16-30)31-17-10-6-11-18-31/h5-22,26-29H,23-25H2,1-4H3. The molecule has 2 aliphatic carbocycles. The molecule has 6 rings (SSSR count). The minimum Gasteiger partial charge on any atom is -0.342 e. The number of fused-ring (bicyclic) bond motifs is 2. The maximum Gasteiger partial charge on any atom is 0.390 e. The predicted molar refractivity (Wildman–Crippen MR) is 188 cm³/mol. The Morgan fingerprint density at radius 3 is 1.62 bits per heavy atom. The van der Waals surface area contributed by atoms with Crippen molar-refractivity contribution < 1.29 is 0 Å². The van der Waals surface area contributed by atoms with Gasteiger partial charge in [-0.3, -0.25) is 0 Å². The van der Waals surface area contributed by atoms with Crippen LogP contribution in [0.15, 0.2) is 120 Å². The van der Waals surface area contributed by atoms with Gasteiger partial charge in [-0.25, -0.2) is 0 Å². The van der Waals surface area contributed by atoms with Gasteiger partial charge in [0.25, 0.3) is 0 Å². The second kappa shape index (κ2) is 12.3. The molecule has 0 aliphatic heterocycles. The van der Waals surface area contributed by atoms with E-state index in [-0.39, 0.29) is 0 Å². The average Bonchev–Trinajstić information content (AvgIpc) is 3.62. The van der Waals surface area contributed by atoms with Crippen molar-refractivity contribution in [2.45, 2.75) is 58.8 Å². The second-order valence-corrected chi connectivity index (χ2v) is 20.5. The summed E-state index contributed by atoms with van der Waals surface area (Å²) in [5.41, 5.74) is 5.32. The van der Waals surface area contributed by atoms with Crippen LogP contribution in [0, 0.1) is 11.8 Å². The Hall–Kier alpha value is -2.35. The molecule has 0 saturated heterocycles. The number of anilines is 1. The Morgan fingerprint density at radius 2 is 1.12 bits per heavy atom. The normalized spacial score (nSPS) is 18.5. The Kier molecular flexibility index (Phi) is 8.72. The van der Waals surface area contributed by atoms with Crippen molar-refractivity contribution >= 4 is 58.4 Å². The summed E-state index contributed by atoms with van der Waals surface area (Å²) in [5, 5.41) is 5.42. The molecule has 1 saturated carbocycles. The molecule has 0 amide bonds. The molecule has 0 spiro atoms. The largest absolute Gasteiger partial charge is 0.390 e. The Bertz CT molecular complexity index is 1490. The van der Waals surface area contributed by atoms with Gasteiger partial charge in [0.15, 0.2) is 0 Å². The van der Waals surface area contributed by atoms with Gasteiger partial charge in [-0.2, -0.15) is 0 Å². The minimum atomic E-state index is -3.27. The van der Waals surface area contributed by atoms with Crippen LogP contribution in [0.2, 0.25) is 0 Å². The first-order valence-corrected chi connectivity index (χ1v) is 20.6. The smallest absolute Gasteiger partial charge is 0.342 e. The van der Waals surface area contributed by atoms with Gasteiger partial charge in [-0.1, -0.05) is 137 Å². The molecule has 0 N–H and O–H groups in total. The molecular weight excluding hydrogens is 588 g/mol. The fourth-order valence-corrected chi connectivity index (χ4v) is 13.8. The third kappa shape index (κ3) is 5.41. The van der Waals surface area contributed by atoms with Crippen LogP contribution in [0.5, 0.6) is 0 Å². The number of hydrogen-bond acceptors (Lipinski definition) is 1. The number of allylic oxidation sites excluding steroid dienone is 2. The van der Waals surface area contributed by atoms with Gasteiger partial charge in [-0.15, -0.1) is 22.2 Å². The third-order valence-corrected chi connectivity index (χ3v) is 16.0. The topological polar surface area (TPSA) is 3.24 Å². The quantitative estimate of drug-likeness (QED) is 0.101. The number of halogens is 2. The lowest BCUT2D eigenvalue weighted by Gasteiger charge is -2.43. The lowest BCUT2D eigenvalue weighted by atomic mass is 9.92. The lowest BCUT2D eigenvalue weighted by Crippen LogP contribution is -2.55. The van der Waals surface area contributed by atoms with Crippen LogP contribution in [0.25, 0.3) is 0 Å². The minimum absolute atomic E-state index is 0.336. The molecule has 2 atom stereocenters. The van der Waals surface area contributed by atoms with E-state index in [1.165, 1.54) is 52.4 Å². The first kappa shape index (κ1) is 29.7. The van der Waals surface area contributed by atoms with Crippen molar-refractivity contribution in [1.29, 1.82) is 0 Å². The predicted octanol–water partition coefficient (Wildman–Crippen LogP) is 9.84. The fourth-order valence-electron chi connectivity index (χ4n) is 7.02. The molecule has 2 unspecified atom stereocenters. The van der Waals surface area contributed by atoms with Crippen LogP contribution in [0.1, 0.15) is 69.9 Å². The summed E-state index contributed by atoms with van der Waals surface area (Å²) >= 11 is 15.8. The average molecular weight is 629 g/mol. The van der Waals surface area contributed by atoms with Crippen LogP contribution in [0.4, 0.5) is 5.69 Å². The van der Waals surface area contributed by atoms with Gasteiger partial charge in [0, 0.05) is 11.4 Å². The van der Waals surface area contributed by atoms with Crippen molar-refractivity contribution in [2.75, 3.05) is 4.57 Å². The monoisotopic (exact) mass is 627 g/mol. The van der Waals surface area contributed by atoms with Crippen LogP contribution in [0.3, 0.4) is 0 Å². The lowest BCUT2D eigenvalue weighted by molar-refractivity contribution is 0.646. The summed E-state index contributed by atoms with van der Waals surface area (Å²) in [5.74, 6) is 1.67. The van der Waals surface area contributed by atoms with Gasteiger partial charge in [-0.05, 0) is 83.1 Å². The molecule has 2 bridgehead atoms. The highest BCUT2D eigenvalue weighted by Crippen LogP contribution is 2.63. The SMILES string of the molecule is CC(C)c1cccc(C(C)C)c1N(C1=C(P(c2ccccc2)c2ccccc2)C2CCC1C2)[Si](Cl)(Cl)c1ccccc1. The maximum atomic E-state index is 7.90. The van der Waals surface area contributed by atoms with Crippen LogP contribution >= 0.6 is 30.1 Å². The molecule has 1 fully saturated rings. The van der Waals surface area contributed by atoms with Crippen LogP contribution in [-0.4, -0.2) is 6.86 Å². The van der Waals surface area contributed by atoms with E-state index >= 15 is 0 Å². The zero-order valence-corrected chi connectivity index (χ0v) is 28.4. The number of benzene rings is 4. The van der Waals surface area contributed by atoms with Crippen LogP contribution < -0.4 is 20.4 Å². The molecule has 0 radical (unpaired) electrons. The summed E-state index contributed by atoms with van der Waals surface area (Å²) < 4.78 is 2.54. The Morgan fingerprint density at radius 1 is 0.643 bits per heavy atom. The van der Waals surface area contributed by atoms with Gasteiger partial charge >= 0.3 is 6.86 Å². The van der Waals surface area contributed by atoms with E-state index in [1.807, 2.05) is 0 Å². The number of nitrogens with zero attached hydrogens (tertiary/aromatic N) is 1. The molecule has 4 aromatic rings. The summed E-state index contributed by atoms with van der Waals surface area (Å²) in [7, 11) is -0.752. The Labute approximate surface area is 263 Å². The van der Waals surface area contributed by atoms with Crippen molar-refractivity contribution in [3.63, 3.8) is 0 Å². The molecule has 42 heavy (non-hydrogen) atoms. The Balaban J connectivity index is 1.71. The van der Waals surface area contributed by atoms with Gasteiger partial charge in [0.05, 0.1) is 0 Å². The number of hydrogen-bond donors (Lipinski definition) is 0. The molecular formula is C37H40Cl2NPSi. The zero-order valence-electron chi connectivity index (χ0n) is 25.0.